The Morgan fingerprint density at radius 3 is 1.51 bits per heavy atom. The highest BCUT2D eigenvalue weighted by atomic mass is 16.6. The van der Waals surface area contributed by atoms with Crippen LogP contribution in [0.1, 0.15) is 144 Å². The van der Waals surface area contributed by atoms with Crippen molar-refractivity contribution in [3.05, 3.63) is 137 Å². The van der Waals surface area contributed by atoms with Crippen molar-refractivity contribution >= 4 is 59.4 Å². The fraction of sp³-hybridized carbons (Fsp3) is 0.585. The van der Waals surface area contributed by atoms with E-state index in [9.17, 15) is 33.9 Å². The van der Waals surface area contributed by atoms with Crippen molar-refractivity contribution in [1.82, 2.24) is 45.9 Å². The largest absolute Gasteiger partial charge is 0.491 e. The van der Waals surface area contributed by atoms with E-state index < -0.39 is 11.6 Å². The van der Waals surface area contributed by atoms with Crippen LogP contribution in [0.2, 0.25) is 0 Å². The number of alkyl carbamates (subject to hydrolysis) is 3. The molecular weight excluding hydrogens is 1360 g/mol. The van der Waals surface area contributed by atoms with E-state index in [2.05, 4.69) is 60.4 Å². The van der Waals surface area contributed by atoms with Crippen LogP contribution in [-0.4, -0.2) is 188 Å². The summed E-state index contributed by atoms with van der Waals surface area (Å²) in [5.41, 5.74) is 10.7. The monoisotopic (exact) mass is 1470 g/mol. The number of benzene rings is 4. The molecule has 5 saturated carbocycles. The van der Waals surface area contributed by atoms with Crippen LogP contribution >= 0.6 is 0 Å². The quantitative estimate of drug-likeness (QED) is 0.0508. The molecule has 107 heavy (non-hydrogen) atoms. The van der Waals surface area contributed by atoms with Crippen LogP contribution in [0, 0.1) is 47.3 Å². The smallest absolute Gasteiger partial charge is 0.410 e. The number of likely N-dealkylation sites (N-methyl/N-ethyl adjacent to an activating group) is 1. The van der Waals surface area contributed by atoms with E-state index in [4.69, 9.17) is 34.4 Å². The SMILES string of the molecule is CC(C)(C)OC(=O)N1C[C@H]2CC(NC(=O)OCc3ccccc3)C[C@H]2C1.CC[C@@H]1C(=O)N(C)c2cnc(Nc3ccc(C(=O)O)c4c3OCC4)nc2N1C1CCCC1.CN1C[C@H]2CC(N)C[C@H]2C1.CN1C[C@H]2CC(NC(=O)OCc3ccccc3)C[C@H]2C1.O=C(NC1C[C@H]2CNC[C@H]2C1)OCc1ccccc1. The van der Waals surface area contributed by atoms with Gasteiger partial charge in [0.25, 0.3) is 0 Å². The molecule has 6 aliphatic heterocycles. The van der Waals surface area contributed by atoms with Gasteiger partial charge in [-0.15, -0.1) is 0 Å². The van der Waals surface area contributed by atoms with Gasteiger partial charge in [0.15, 0.2) is 5.82 Å². The molecular formula is C82H113N13O12. The topological polar surface area (TPSA) is 297 Å². The third-order valence-corrected chi connectivity index (χ3v) is 23.3. The maximum absolute atomic E-state index is 13.0. The van der Waals surface area contributed by atoms with Crippen molar-refractivity contribution < 1.29 is 57.6 Å². The zero-order chi connectivity index (χ0) is 75.3. The first-order valence-electron chi connectivity index (χ1n) is 39.0. The van der Waals surface area contributed by atoms with E-state index in [1.54, 1.807) is 35.2 Å². The molecule has 16 rings (SSSR count). The Morgan fingerprint density at radius 1 is 0.617 bits per heavy atom. The molecule has 11 aliphatic rings. The van der Waals surface area contributed by atoms with E-state index in [-0.39, 0.29) is 54.5 Å². The highest BCUT2D eigenvalue weighted by Gasteiger charge is 2.46. The Kier molecular flexibility index (Phi) is 26.2. The molecule has 9 fully saturated rings. The van der Waals surface area contributed by atoms with Crippen molar-refractivity contribution in [1.29, 1.82) is 0 Å². The van der Waals surface area contributed by atoms with E-state index >= 15 is 0 Å². The van der Waals surface area contributed by atoms with Crippen LogP contribution < -0.4 is 46.9 Å². The summed E-state index contributed by atoms with van der Waals surface area (Å²) < 4.78 is 27.0. The van der Waals surface area contributed by atoms with Crippen LogP contribution in [-0.2, 0) is 50.0 Å². The number of nitrogens with zero attached hydrogens (tertiary/aromatic N) is 7. The van der Waals surface area contributed by atoms with Crippen molar-refractivity contribution in [3.8, 4) is 5.75 Å². The molecule has 1 aromatic heterocycles. The minimum absolute atomic E-state index is 0.0756. The highest BCUT2D eigenvalue weighted by Crippen LogP contribution is 2.44. The predicted octanol–water partition coefficient (Wildman–Crippen LogP) is 11.4. The van der Waals surface area contributed by atoms with Crippen molar-refractivity contribution in [3.63, 3.8) is 0 Å². The lowest BCUT2D eigenvalue weighted by Gasteiger charge is -2.43. The minimum atomic E-state index is -0.964. The number of nitrogens with two attached hydrogens (primary N) is 1. The Balaban J connectivity index is 0.000000130. The number of hydrogen-bond acceptors (Lipinski definition) is 19. The van der Waals surface area contributed by atoms with Gasteiger partial charge < -0.3 is 85.6 Å². The molecule has 5 aliphatic carbocycles. The van der Waals surface area contributed by atoms with Gasteiger partial charge in [0.2, 0.25) is 11.9 Å². The van der Waals surface area contributed by atoms with Crippen molar-refractivity contribution in [2.24, 2.45) is 53.1 Å². The number of aromatic carboxylic acids is 1. The Bertz CT molecular complexity index is 3740. The molecule has 0 radical (unpaired) electrons. The zero-order valence-corrected chi connectivity index (χ0v) is 63.5. The maximum atomic E-state index is 13.0. The number of ether oxygens (including phenoxy) is 5. The first kappa shape index (κ1) is 77.8. The first-order chi connectivity index (χ1) is 51.6. The third kappa shape index (κ3) is 20.7. The second-order valence-electron chi connectivity index (χ2n) is 32.5. The van der Waals surface area contributed by atoms with Gasteiger partial charge in [-0.05, 0) is 195 Å². The number of carboxylic acid groups (broad SMARTS) is 1. The number of nitrogens with one attached hydrogen (secondary N) is 5. The van der Waals surface area contributed by atoms with Crippen LogP contribution in [0.4, 0.5) is 42.3 Å². The van der Waals surface area contributed by atoms with Gasteiger partial charge in [-0.25, -0.2) is 29.0 Å². The van der Waals surface area contributed by atoms with Crippen LogP contribution in [0.5, 0.6) is 5.75 Å². The number of carboxylic acids is 1. The predicted molar refractivity (Wildman–Crippen MR) is 409 cm³/mol. The molecule has 25 nitrogen and oxygen atoms in total. The number of anilines is 4. The molecule has 25 heteroatoms. The van der Waals surface area contributed by atoms with Crippen LogP contribution in [0.25, 0.3) is 0 Å². The van der Waals surface area contributed by atoms with Crippen LogP contribution in [0.3, 0.4) is 0 Å². The number of rotatable bonds is 14. The lowest BCUT2D eigenvalue weighted by molar-refractivity contribution is -0.120. The van der Waals surface area contributed by atoms with Crippen LogP contribution in [0.15, 0.2) is 109 Å². The second-order valence-corrected chi connectivity index (χ2v) is 32.5. The molecule has 578 valence electrons. The Hall–Kier alpha value is -8.78. The molecule has 4 aromatic carbocycles. The second kappa shape index (κ2) is 36.0. The average molecular weight is 1470 g/mol. The first-order valence-corrected chi connectivity index (χ1v) is 39.0. The number of carbonyl (C=O) groups excluding carboxylic acids is 5. The molecule has 0 bridgehead atoms. The lowest BCUT2D eigenvalue weighted by atomic mass is 10.0. The highest BCUT2D eigenvalue weighted by molar-refractivity contribution is 6.04. The van der Waals surface area contributed by atoms with Gasteiger partial charge in [0.05, 0.1) is 24.1 Å². The van der Waals surface area contributed by atoms with Gasteiger partial charge in [0, 0.05) is 88.5 Å². The summed E-state index contributed by atoms with van der Waals surface area (Å²) in [6.07, 6.45) is 14.8. The third-order valence-electron chi connectivity index (χ3n) is 23.3. The van der Waals surface area contributed by atoms with Gasteiger partial charge in [-0.1, -0.05) is 111 Å². The number of amides is 5. The summed E-state index contributed by atoms with van der Waals surface area (Å²) in [5.74, 6) is 6.48. The van der Waals surface area contributed by atoms with Gasteiger partial charge >= 0.3 is 30.3 Å². The van der Waals surface area contributed by atoms with E-state index in [1.165, 1.54) is 39.0 Å². The van der Waals surface area contributed by atoms with Crippen molar-refractivity contribution in [2.75, 3.05) is 95.2 Å². The molecule has 5 amide bonds. The molecule has 5 aromatic rings. The number of fused-ring (bicyclic) bond motifs is 6. The molecule has 8 N–H and O–H groups in total. The average Bonchev–Trinajstić information content (AvgIpc) is 1.67. The number of aromatic nitrogens is 2. The lowest BCUT2D eigenvalue weighted by Crippen LogP contribution is -2.55. The van der Waals surface area contributed by atoms with E-state index in [0.717, 1.165) is 135 Å². The Labute approximate surface area is 630 Å². The van der Waals surface area contributed by atoms with Gasteiger partial charge in [-0.3, -0.25) is 4.79 Å². The number of hydrogen-bond donors (Lipinski definition) is 7. The summed E-state index contributed by atoms with van der Waals surface area (Å²) in [7, 11) is 6.16. The summed E-state index contributed by atoms with van der Waals surface area (Å²) in [5, 5.41) is 25.0. The maximum Gasteiger partial charge on any atom is 0.410 e. The van der Waals surface area contributed by atoms with Crippen molar-refractivity contribution in [2.45, 2.75) is 179 Å². The normalized spacial score (nSPS) is 27.2. The standard InChI is InChI=1S/C23H27N5O4.C20H28N2O4.C16H22N2O2.C15H20N2O2.C8H16N2/c1-3-17-21(29)27(2)18-12-24-23(26-20(18)28(17)13-6-4-5-7-13)25-16-9-8-15(22(30)31)14-10-11-32-19(14)16;1-20(2,3)26-19(24)22-11-15-9-17(10-16(15)12-22)21-18(23)25-13-14-7-5-4-6-8-14;1-18-9-13-7-15(8-14(13)10-18)17-16(19)20-11-12-5-3-2-4-6-12;18-15(19-10-11-4-2-1-3-5-11)17-14-6-12-8-16-9-13(12)7-14;1-10-4-6-2-8(9)3-7(6)5-10/h8-9,12-13,17H,3-7,10-11H2,1-2H3,(H,30,31)(H,24,25,26);4-8,15-17H,9-13H2,1-3H3,(H,21,23);2-6,13-15H,7-11H2,1H3,(H,17,19);1-5,12-14,16H,6-10H2,(H,17,18);6-8H,2-5,9H2,1H3/t17-;15-,16+,17?;13-,14+,15?;12-,13+,14?;6-,7+,8?/m1..../s1. The Morgan fingerprint density at radius 2 is 1.07 bits per heavy atom. The number of likely N-dealkylation sites (tertiary alicyclic amines) is 3. The molecule has 4 saturated heterocycles. The summed E-state index contributed by atoms with van der Waals surface area (Å²) in [6.45, 7) is 17.6. The molecule has 7 heterocycles. The van der Waals surface area contributed by atoms with E-state index in [1.807, 2.05) is 119 Å². The zero-order valence-electron chi connectivity index (χ0n) is 63.5. The molecule has 4 unspecified atom stereocenters. The van der Waals surface area contributed by atoms with Gasteiger partial charge in [-0.2, -0.15) is 4.98 Å². The number of carbonyl (C=O) groups is 6. The summed E-state index contributed by atoms with van der Waals surface area (Å²) in [6, 6.07) is 33.7. The fourth-order valence-corrected chi connectivity index (χ4v) is 18.4. The van der Waals surface area contributed by atoms with Gasteiger partial charge in [0.1, 0.15) is 42.9 Å². The summed E-state index contributed by atoms with van der Waals surface area (Å²) >= 11 is 0. The molecule has 0 spiro atoms. The minimum Gasteiger partial charge on any atom is -0.491 e. The fourth-order valence-electron chi connectivity index (χ4n) is 18.4. The summed E-state index contributed by atoms with van der Waals surface area (Å²) in [4.78, 5) is 92.1. The van der Waals surface area contributed by atoms with E-state index in [0.29, 0.717) is 110 Å². The molecule has 13 atom stereocenters.